The van der Waals surface area contributed by atoms with E-state index < -0.39 is 10.8 Å². The number of carbonyl (C=O) groups is 1. The topological polar surface area (TPSA) is 71.1 Å². The minimum atomic E-state index is -0.721. The molecule has 5 nitrogen and oxygen atoms in total. The highest BCUT2D eigenvalue weighted by Gasteiger charge is 2.20. The van der Waals surface area contributed by atoms with E-state index in [0.29, 0.717) is 27.9 Å². The van der Waals surface area contributed by atoms with Crippen LogP contribution in [0.3, 0.4) is 0 Å². The Morgan fingerprint density at radius 2 is 2.16 bits per heavy atom. The molecule has 1 fully saturated rings. The van der Waals surface area contributed by atoms with Crippen LogP contribution in [0.25, 0.3) is 0 Å². The molecule has 0 radical (unpaired) electrons. The molecule has 1 aromatic heterocycles. The predicted octanol–water partition coefficient (Wildman–Crippen LogP) is 1.42. The van der Waals surface area contributed by atoms with Crippen molar-refractivity contribution in [2.75, 3.05) is 23.9 Å². The number of rotatable bonds is 3. The lowest BCUT2D eigenvalue weighted by atomic mass is 10.1. The van der Waals surface area contributed by atoms with Gasteiger partial charge in [-0.1, -0.05) is 11.6 Å². The standard InChI is InChI=1S/C12H16ClN3O2S/c1-14-11-10(13)6-8(7-15-11)12(17)16-9-2-4-19(18)5-3-9/h6-7,9H,2-5H2,1H3,(H,14,15)(H,16,17). The highest BCUT2D eigenvalue weighted by molar-refractivity contribution is 7.85. The minimum absolute atomic E-state index is 0.0907. The number of pyridine rings is 1. The SMILES string of the molecule is CNc1ncc(C(=O)NC2CCS(=O)CC2)cc1Cl. The highest BCUT2D eigenvalue weighted by atomic mass is 35.5. The van der Waals surface area contributed by atoms with Gasteiger partial charge in [-0.05, 0) is 18.9 Å². The predicted molar refractivity (Wildman–Crippen MR) is 77.2 cm³/mol. The summed E-state index contributed by atoms with van der Waals surface area (Å²) in [4.78, 5) is 16.1. The highest BCUT2D eigenvalue weighted by Crippen LogP contribution is 2.19. The Morgan fingerprint density at radius 1 is 1.47 bits per heavy atom. The lowest BCUT2D eigenvalue weighted by molar-refractivity contribution is 0.0934. The van der Waals surface area contributed by atoms with Crippen LogP contribution in [0.4, 0.5) is 5.82 Å². The van der Waals surface area contributed by atoms with E-state index in [1.807, 2.05) is 0 Å². The maximum atomic E-state index is 12.0. The quantitative estimate of drug-likeness (QED) is 0.886. The zero-order chi connectivity index (χ0) is 13.8. The molecule has 2 N–H and O–H groups in total. The van der Waals surface area contributed by atoms with Crippen molar-refractivity contribution in [1.29, 1.82) is 0 Å². The Balaban J connectivity index is 2.00. The second-order valence-electron chi connectivity index (χ2n) is 4.40. The van der Waals surface area contributed by atoms with E-state index in [9.17, 15) is 9.00 Å². The minimum Gasteiger partial charge on any atom is -0.372 e. The number of halogens is 1. The first kappa shape index (κ1) is 14.3. The molecule has 0 saturated carbocycles. The molecule has 0 aromatic carbocycles. The van der Waals surface area contributed by atoms with Crippen LogP contribution in [0.1, 0.15) is 23.2 Å². The largest absolute Gasteiger partial charge is 0.372 e. The van der Waals surface area contributed by atoms with Gasteiger partial charge in [0.25, 0.3) is 5.91 Å². The van der Waals surface area contributed by atoms with Crippen LogP contribution in [0.2, 0.25) is 5.02 Å². The maximum absolute atomic E-state index is 12.0. The van der Waals surface area contributed by atoms with Crippen LogP contribution in [0, 0.1) is 0 Å². The maximum Gasteiger partial charge on any atom is 0.253 e. The van der Waals surface area contributed by atoms with E-state index >= 15 is 0 Å². The van der Waals surface area contributed by atoms with Crippen LogP contribution in [-0.4, -0.2) is 39.7 Å². The van der Waals surface area contributed by atoms with Gasteiger partial charge in [0.2, 0.25) is 0 Å². The average molecular weight is 302 g/mol. The van der Waals surface area contributed by atoms with Gasteiger partial charge in [-0.2, -0.15) is 0 Å². The molecule has 1 aliphatic rings. The molecular formula is C12H16ClN3O2S. The molecule has 2 rings (SSSR count). The number of nitrogens with one attached hydrogen (secondary N) is 2. The van der Waals surface area contributed by atoms with Crippen molar-refractivity contribution in [2.45, 2.75) is 18.9 Å². The van der Waals surface area contributed by atoms with E-state index in [4.69, 9.17) is 11.6 Å². The van der Waals surface area contributed by atoms with Crippen LogP contribution >= 0.6 is 11.6 Å². The third kappa shape index (κ3) is 3.67. The number of hydrogen-bond donors (Lipinski definition) is 2. The van der Waals surface area contributed by atoms with Crippen LogP contribution < -0.4 is 10.6 Å². The fraction of sp³-hybridized carbons (Fsp3) is 0.500. The molecule has 1 amide bonds. The Labute approximate surface area is 119 Å². The van der Waals surface area contributed by atoms with E-state index in [-0.39, 0.29) is 11.9 Å². The molecule has 7 heteroatoms. The number of anilines is 1. The lowest BCUT2D eigenvalue weighted by Crippen LogP contribution is -2.39. The van der Waals surface area contributed by atoms with Gasteiger partial charge >= 0.3 is 0 Å². The zero-order valence-electron chi connectivity index (χ0n) is 10.6. The van der Waals surface area contributed by atoms with Crippen molar-refractivity contribution in [1.82, 2.24) is 10.3 Å². The third-order valence-corrected chi connectivity index (χ3v) is 4.73. The Hall–Kier alpha value is -1.14. The Kier molecular flexibility index (Phi) is 4.76. The van der Waals surface area contributed by atoms with Crippen molar-refractivity contribution in [3.05, 3.63) is 22.8 Å². The smallest absolute Gasteiger partial charge is 0.253 e. The first-order valence-corrected chi connectivity index (χ1v) is 7.96. The van der Waals surface area contributed by atoms with Crippen LogP contribution in [0.5, 0.6) is 0 Å². The van der Waals surface area contributed by atoms with E-state index in [1.165, 1.54) is 6.20 Å². The summed E-state index contributed by atoms with van der Waals surface area (Å²) in [5, 5.41) is 6.18. The summed E-state index contributed by atoms with van der Waals surface area (Å²) in [6, 6.07) is 1.68. The van der Waals surface area contributed by atoms with Gasteiger partial charge in [0.1, 0.15) is 5.82 Å². The van der Waals surface area contributed by atoms with Gasteiger partial charge < -0.3 is 10.6 Å². The van der Waals surface area contributed by atoms with E-state index in [2.05, 4.69) is 15.6 Å². The second kappa shape index (κ2) is 6.34. The summed E-state index contributed by atoms with van der Waals surface area (Å²) >= 11 is 5.99. The summed E-state index contributed by atoms with van der Waals surface area (Å²) in [6.07, 6.45) is 3.01. The van der Waals surface area contributed by atoms with Crippen LogP contribution in [-0.2, 0) is 10.8 Å². The molecule has 0 aliphatic carbocycles. The van der Waals surface area contributed by atoms with E-state index in [1.54, 1.807) is 13.1 Å². The summed E-state index contributed by atoms with van der Waals surface area (Å²) in [5.74, 6) is 1.67. The van der Waals surface area contributed by atoms with Gasteiger partial charge in [-0.15, -0.1) is 0 Å². The molecule has 0 bridgehead atoms. The van der Waals surface area contributed by atoms with Crippen molar-refractivity contribution >= 4 is 34.1 Å². The number of amides is 1. The van der Waals surface area contributed by atoms with Crippen LogP contribution in [0.15, 0.2) is 12.3 Å². The molecule has 19 heavy (non-hydrogen) atoms. The average Bonchev–Trinajstić information content (AvgIpc) is 2.41. The molecule has 2 heterocycles. The Morgan fingerprint density at radius 3 is 2.74 bits per heavy atom. The first-order chi connectivity index (χ1) is 9.10. The fourth-order valence-electron chi connectivity index (χ4n) is 1.95. The van der Waals surface area contributed by atoms with Crippen molar-refractivity contribution in [3.8, 4) is 0 Å². The second-order valence-corrected chi connectivity index (χ2v) is 6.50. The molecule has 0 spiro atoms. The molecule has 0 unspecified atom stereocenters. The summed E-state index contributed by atoms with van der Waals surface area (Å²) in [5.41, 5.74) is 0.440. The summed E-state index contributed by atoms with van der Waals surface area (Å²) in [6.45, 7) is 0. The molecule has 1 aliphatic heterocycles. The fourth-order valence-corrected chi connectivity index (χ4v) is 3.51. The normalized spacial score (nSPS) is 22.8. The van der Waals surface area contributed by atoms with Gasteiger partial charge in [0.15, 0.2) is 0 Å². The number of aromatic nitrogens is 1. The van der Waals surface area contributed by atoms with Crippen molar-refractivity contribution in [2.24, 2.45) is 0 Å². The van der Waals surface area contributed by atoms with Gasteiger partial charge in [0.05, 0.1) is 10.6 Å². The van der Waals surface area contributed by atoms with Gasteiger partial charge in [-0.25, -0.2) is 4.98 Å². The molecular weight excluding hydrogens is 286 g/mol. The molecule has 104 valence electrons. The van der Waals surface area contributed by atoms with Crippen molar-refractivity contribution in [3.63, 3.8) is 0 Å². The number of hydrogen-bond acceptors (Lipinski definition) is 4. The summed E-state index contributed by atoms with van der Waals surface area (Å²) in [7, 11) is 0.997. The summed E-state index contributed by atoms with van der Waals surface area (Å²) < 4.78 is 11.2. The van der Waals surface area contributed by atoms with Gasteiger partial charge in [-0.3, -0.25) is 9.00 Å². The Bertz CT molecular complexity index is 500. The number of nitrogens with zero attached hydrogens (tertiary/aromatic N) is 1. The monoisotopic (exact) mass is 301 g/mol. The molecule has 0 atom stereocenters. The van der Waals surface area contributed by atoms with E-state index in [0.717, 1.165) is 12.8 Å². The number of carbonyl (C=O) groups excluding carboxylic acids is 1. The lowest BCUT2D eigenvalue weighted by Gasteiger charge is -2.22. The molecule has 1 aromatic rings. The third-order valence-electron chi connectivity index (χ3n) is 3.06. The first-order valence-electron chi connectivity index (χ1n) is 6.09. The zero-order valence-corrected chi connectivity index (χ0v) is 12.2. The van der Waals surface area contributed by atoms with Gasteiger partial charge in [0, 0.05) is 41.6 Å². The molecule has 1 saturated heterocycles. The van der Waals surface area contributed by atoms with Crippen molar-refractivity contribution < 1.29 is 9.00 Å².